The Labute approximate surface area is 137 Å². The molecule has 2 heterocycles. The van der Waals surface area contributed by atoms with Crippen molar-refractivity contribution in [3.63, 3.8) is 0 Å². The van der Waals surface area contributed by atoms with Gasteiger partial charge in [-0.2, -0.15) is 0 Å². The van der Waals surface area contributed by atoms with Gasteiger partial charge in [-0.05, 0) is 68.1 Å². The van der Waals surface area contributed by atoms with Gasteiger partial charge in [-0.3, -0.25) is 0 Å². The predicted molar refractivity (Wildman–Crippen MR) is 91.0 cm³/mol. The molecule has 0 radical (unpaired) electrons. The molecule has 23 heavy (non-hydrogen) atoms. The first-order valence-corrected chi connectivity index (χ1v) is 8.52. The molecule has 1 N–H and O–H groups in total. The summed E-state index contributed by atoms with van der Waals surface area (Å²) in [6, 6.07) is 16.5. The van der Waals surface area contributed by atoms with E-state index in [1.807, 2.05) is 24.3 Å². The van der Waals surface area contributed by atoms with Crippen LogP contribution in [0.15, 0.2) is 48.5 Å². The van der Waals surface area contributed by atoms with E-state index in [2.05, 4.69) is 29.6 Å². The van der Waals surface area contributed by atoms with Crippen LogP contribution in [0.3, 0.4) is 0 Å². The van der Waals surface area contributed by atoms with Crippen LogP contribution in [0.2, 0.25) is 0 Å². The van der Waals surface area contributed by atoms with Crippen molar-refractivity contribution in [2.24, 2.45) is 0 Å². The number of aryl methyl sites for hydroxylation is 1. The monoisotopic (exact) mass is 309 g/mol. The summed E-state index contributed by atoms with van der Waals surface area (Å²) >= 11 is 0. The molecule has 1 saturated heterocycles. The van der Waals surface area contributed by atoms with Gasteiger partial charge in [-0.1, -0.05) is 30.3 Å². The summed E-state index contributed by atoms with van der Waals surface area (Å²) in [5, 5.41) is 3.42. The number of ether oxygens (including phenoxy) is 2. The molecule has 2 aliphatic rings. The number of fused-ring (bicyclic) bond motifs is 1. The third-order valence-corrected chi connectivity index (χ3v) is 4.97. The van der Waals surface area contributed by atoms with E-state index in [-0.39, 0.29) is 5.60 Å². The van der Waals surface area contributed by atoms with E-state index in [9.17, 15) is 0 Å². The minimum absolute atomic E-state index is 0.0602. The summed E-state index contributed by atoms with van der Waals surface area (Å²) in [4.78, 5) is 0. The lowest BCUT2D eigenvalue weighted by Crippen LogP contribution is -2.48. The fourth-order valence-corrected chi connectivity index (χ4v) is 3.56. The molecule has 3 heteroatoms. The molecule has 4 rings (SSSR count). The van der Waals surface area contributed by atoms with E-state index in [1.165, 1.54) is 11.1 Å². The maximum atomic E-state index is 6.38. The third-order valence-electron chi connectivity index (χ3n) is 4.97. The average molecular weight is 309 g/mol. The molecule has 2 aromatic carbocycles. The molecule has 3 nitrogen and oxygen atoms in total. The van der Waals surface area contributed by atoms with Gasteiger partial charge in [0, 0.05) is 0 Å². The molecule has 0 amide bonds. The highest BCUT2D eigenvalue weighted by Crippen LogP contribution is 2.39. The van der Waals surface area contributed by atoms with Crippen LogP contribution in [0, 0.1) is 0 Å². The normalized spacial score (nSPS) is 19.0. The summed E-state index contributed by atoms with van der Waals surface area (Å²) in [5.74, 6) is 1.97. The molecule has 0 atom stereocenters. The smallest absolute Gasteiger partial charge is 0.123 e. The Bertz CT molecular complexity index is 663. The number of piperidine rings is 1. The Kier molecular flexibility index (Phi) is 3.96. The highest BCUT2D eigenvalue weighted by molar-refractivity contribution is 5.42. The molecule has 0 bridgehead atoms. The second-order valence-electron chi connectivity index (χ2n) is 6.58. The van der Waals surface area contributed by atoms with Crippen molar-refractivity contribution in [3.05, 3.63) is 59.7 Å². The lowest BCUT2D eigenvalue weighted by atomic mass is 9.84. The van der Waals surface area contributed by atoms with E-state index < -0.39 is 0 Å². The van der Waals surface area contributed by atoms with E-state index in [4.69, 9.17) is 9.47 Å². The number of hydrogen-bond donors (Lipinski definition) is 1. The van der Waals surface area contributed by atoms with Gasteiger partial charge in [0.2, 0.25) is 0 Å². The Morgan fingerprint density at radius 2 is 1.83 bits per heavy atom. The predicted octanol–water partition coefficient (Wildman–Crippen LogP) is 3.71. The number of nitrogens with one attached hydrogen (secondary N) is 1. The minimum Gasteiger partial charge on any atom is -0.489 e. The van der Waals surface area contributed by atoms with E-state index in [0.29, 0.717) is 6.61 Å². The van der Waals surface area contributed by atoms with Crippen LogP contribution in [-0.2, 0) is 13.0 Å². The van der Waals surface area contributed by atoms with Crippen LogP contribution in [0.1, 0.15) is 30.4 Å². The first-order valence-electron chi connectivity index (χ1n) is 8.52. The maximum Gasteiger partial charge on any atom is 0.123 e. The van der Waals surface area contributed by atoms with Gasteiger partial charge < -0.3 is 14.8 Å². The van der Waals surface area contributed by atoms with Crippen LogP contribution < -0.4 is 14.8 Å². The molecule has 120 valence electrons. The van der Waals surface area contributed by atoms with Crippen molar-refractivity contribution >= 4 is 0 Å². The van der Waals surface area contributed by atoms with Gasteiger partial charge in [0.05, 0.1) is 0 Å². The zero-order valence-corrected chi connectivity index (χ0v) is 13.4. The minimum atomic E-state index is 0.0602. The van der Waals surface area contributed by atoms with Gasteiger partial charge in [-0.25, -0.2) is 0 Å². The van der Waals surface area contributed by atoms with Gasteiger partial charge in [-0.15, -0.1) is 0 Å². The molecule has 1 fully saturated rings. The van der Waals surface area contributed by atoms with E-state index in [1.54, 1.807) is 0 Å². The lowest BCUT2D eigenvalue weighted by Gasteiger charge is -2.41. The van der Waals surface area contributed by atoms with Crippen LogP contribution in [0.25, 0.3) is 0 Å². The molecule has 0 aromatic heterocycles. The van der Waals surface area contributed by atoms with Gasteiger partial charge >= 0.3 is 0 Å². The van der Waals surface area contributed by atoms with E-state index in [0.717, 1.165) is 50.3 Å². The van der Waals surface area contributed by atoms with Crippen molar-refractivity contribution in [1.29, 1.82) is 0 Å². The van der Waals surface area contributed by atoms with Crippen molar-refractivity contribution in [2.75, 3.05) is 13.1 Å². The van der Waals surface area contributed by atoms with Crippen LogP contribution >= 0.6 is 0 Å². The summed E-state index contributed by atoms with van der Waals surface area (Å²) < 4.78 is 12.3. The topological polar surface area (TPSA) is 30.5 Å². The SMILES string of the molecule is c1ccc(COc2ccc3c(c2)CCC2(CCNCC2)O3)cc1. The van der Waals surface area contributed by atoms with Crippen LogP contribution in [-0.4, -0.2) is 18.7 Å². The van der Waals surface area contributed by atoms with Crippen molar-refractivity contribution < 1.29 is 9.47 Å². The second kappa shape index (κ2) is 6.25. The standard InChI is InChI=1S/C20H23NO2/c1-2-4-16(5-3-1)15-22-18-6-7-19-17(14-18)8-9-20(23-19)10-12-21-13-11-20/h1-7,14,21H,8-13,15H2. The van der Waals surface area contributed by atoms with Crippen LogP contribution in [0.5, 0.6) is 11.5 Å². The second-order valence-corrected chi connectivity index (χ2v) is 6.58. The largest absolute Gasteiger partial charge is 0.489 e. The molecule has 1 spiro atoms. The first-order chi connectivity index (χ1) is 11.3. The Hall–Kier alpha value is -2.00. The highest BCUT2D eigenvalue weighted by atomic mass is 16.5. The number of hydrogen-bond acceptors (Lipinski definition) is 3. The van der Waals surface area contributed by atoms with Crippen molar-refractivity contribution in [1.82, 2.24) is 5.32 Å². The Morgan fingerprint density at radius 1 is 1.00 bits per heavy atom. The number of benzene rings is 2. The Balaban J connectivity index is 1.45. The highest BCUT2D eigenvalue weighted by Gasteiger charge is 2.37. The molecule has 2 aliphatic heterocycles. The zero-order chi connectivity index (χ0) is 15.5. The maximum absolute atomic E-state index is 6.38. The van der Waals surface area contributed by atoms with Crippen molar-refractivity contribution in [2.45, 2.75) is 37.9 Å². The van der Waals surface area contributed by atoms with Crippen molar-refractivity contribution in [3.8, 4) is 11.5 Å². The third kappa shape index (κ3) is 3.20. The quantitative estimate of drug-likeness (QED) is 0.937. The lowest BCUT2D eigenvalue weighted by molar-refractivity contribution is 0.0169. The fourth-order valence-electron chi connectivity index (χ4n) is 3.56. The van der Waals surface area contributed by atoms with E-state index >= 15 is 0 Å². The molecule has 0 unspecified atom stereocenters. The fraction of sp³-hybridized carbons (Fsp3) is 0.400. The summed E-state index contributed by atoms with van der Waals surface area (Å²) in [5.41, 5.74) is 2.53. The zero-order valence-electron chi connectivity index (χ0n) is 13.4. The molecule has 0 saturated carbocycles. The Morgan fingerprint density at radius 3 is 2.65 bits per heavy atom. The van der Waals surface area contributed by atoms with Gasteiger partial charge in [0.1, 0.15) is 23.7 Å². The van der Waals surface area contributed by atoms with Gasteiger partial charge in [0.15, 0.2) is 0 Å². The molecule has 2 aromatic rings. The summed E-state index contributed by atoms with van der Waals surface area (Å²) in [6.45, 7) is 2.73. The van der Waals surface area contributed by atoms with Crippen LogP contribution in [0.4, 0.5) is 0 Å². The van der Waals surface area contributed by atoms with Gasteiger partial charge in [0.25, 0.3) is 0 Å². The summed E-state index contributed by atoms with van der Waals surface area (Å²) in [6.07, 6.45) is 4.42. The first kappa shape index (κ1) is 14.6. The molecule has 0 aliphatic carbocycles. The summed E-state index contributed by atoms with van der Waals surface area (Å²) in [7, 11) is 0. The number of rotatable bonds is 3. The molecular formula is C20H23NO2. The molecular weight excluding hydrogens is 286 g/mol. The average Bonchev–Trinajstić information content (AvgIpc) is 2.61.